The van der Waals surface area contributed by atoms with Crippen LogP contribution in [0.4, 0.5) is 0 Å². The van der Waals surface area contributed by atoms with Crippen LogP contribution in [0.5, 0.6) is 5.75 Å². The summed E-state index contributed by atoms with van der Waals surface area (Å²) < 4.78 is 5.70. The van der Waals surface area contributed by atoms with E-state index in [0.29, 0.717) is 22.3 Å². The van der Waals surface area contributed by atoms with Crippen LogP contribution in [0, 0.1) is 0 Å². The molecule has 7 heteroatoms. The Hall–Kier alpha value is -1.27. The lowest BCUT2D eigenvalue weighted by Crippen LogP contribution is -2.41. The fraction of sp³-hybridized carbons (Fsp3) is 0.421. The second-order valence-electron chi connectivity index (χ2n) is 6.35. The molecule has 0 spiro atoms. The summed E-state index contributed by atoms with van der Waals surface area (Å²) in [6.45, 7) is 4.44. The van der Waals surface area contributed by atoms with Gasteiger partial charge in [-0.25, -0.2) is 0 Å². The Morgan fingerprint density at radius 1 is 1.31 bits per heavy atom. The summed E-state index contributed by atoms with van der Waals surface area (Å²) in [4.78, 5) is 16.2. The van der Waals surface area contributed by atoms with E-state index in [1.54, 1.807) is 36.5 Å². The summed E-state index contributed by atoms with van der Waals surface area (Å²) in [6.07, 6.45) is 1.78. The van der Waals surface area contributed by atoms with Gasteiger partial charge in [0.05, 0.1) is 11.1 Å². The number of hydrogen-bond acceptors (Lipinski definition) is 4. The molecule has 2 unspecified atom stereocenters. The number of nitrogens with zero attached hydrogens (tertiary/aromatic N) is 1. The van der Waals surface area contributed by atoms with Gasteiger partial charge in [0.2, 0.25) is 0 Å². The third kappa shape index (κ3) is 4.92. The van der Waals surface area contributed by atoms with Crippen LogP contribution < -0.4 is 10.1 Å². The number of ether oxygens (including phenoxy) is 1. The number of benzene rings is 1. The molecule has 26 heavy (non-hydrogen) atoms. The minimum atomic E-state index is -0.642. The molecule has 0 aliphatic carbocycles. The van der Waals surface area contributed by atoms with Crippen molar-refractivity contribution in [3.05, 3.63) is 50.6 Å². The van der Waals surface area contributed by atoms with Crippen molar-refractivity contribution in [2.45, 2.75) is 31.9 Å². The molecular weight excluding hydrogens is 391 g/mol. The van der Waals surface area contributed by atoms with Gasteiger partial charge in [-0.2, -0.15) is 0 Å². The van der Waals surface area contributed by atoms with Crippen molar-refractivity contribution in [1.82, 2.24) is 10.2 Å². The molecule has 140 valence electrons. The lowest BCUT2D eigenvalue weighted by molar-refractivity contribution is -0.127. The smallest absolute Gasteiger partial charge is 0.260 e. The van der Waals surface area contributed by atoms with Crippen LogP contribution in [-0.2, 0) is 4.79 Å². The normalized spacial score (nSPS) is 17.0. The van der Waals surface area contributed by atoms with Crippen LogP contribution >= 0.6 is 34.5 Å². The first kappa shape index (κ1) is 19.5. The van der Waals surface area contributed by atoms with Crippen LogP contribution in [0.15, 0.2) is 35.7 Å². The van der Waals surface area contributed by atoms with Crippen molar-refractivity contribution in [3.63, 3.8) is 0 Å². The van der Waals surface area contributed by atoms with Gasteiger partial charge in [-0.15, -0.1) is 11.3 Å². The van der Waals surface area contributed by atoms with Gasteiger partial charge in [-0.3, -0.25) is 9.69 Å². The number of hydrogen-bond donors (Lipinski definition) is 1. The van der Waals surface area contributed by atoms with Crippen LogP contribution in [0.2, 0.25) is 10.0 Å². The van der Waals surface area contributed by atoms with E-state index in [1.807, 2.05) is 0 Å². The molecule has 1 aliphatic rings. The Bertz CT molecular complexity index is 733. The lowest BCUT2D eigenvalue weighted by Gasteiger charge is -2.27. The number of nitrogens with one attached hydrogen (secondary N) is 1. The van der Waals surface area contributed by atoms with Crippen molar-refractivity contribution >= 4 is 40.4 Å². The molecule has 2 aromatic rings. The highest BCUT2D eigenvalue weighted by molar-refractivity contribution is 7.10. The van der Waals surface area contributed by atoms with Crippen molar-refractivity contribution < 1.29 is 9.53 Å². The highest BCUT2D eigenvalue weighted by Gasteiger charge is 2.26. The average molecular weight is 413 g/mol. The highest BCUT2D eigenvalue weighted by atomic mass is 35.5. The Balaban J connectivity index is 1.59. The molecule has 4 nitrogen and oxygen atoms in total. The quantitative estimate of drug-likeness (QED) is 0.711. The number of halogens is 2. The molecule has 1 saturated heterocycles. The maximum Gasteiger partial charge on any atom is 0.260 e. The number of rotatable bonds is 7. The lowest BCUT2D eigenvalue weighted by atomic mass is 10.2. The van der Waals surface area contributed by atoms with E-state index < -0.39 is 6.10 Å². The Morgan fingerprint density at radius 2 is 2.08 bits per heavy atom. The van der Waals surface area contributed by atoms with Crippen molar-refractivity contribution in [2.75, 3.05) is 19.6 Å². The molecule has 1 aromatic carbocycles. The van der Waals surface area contributed by atoms with Crippen molar-refractivity contribution in [1.29, 1.82) is 0 Å². The van der Waals surface area contributed by atoms with Crippen LogP contribution in [0.25, 0.3) is 0 Å². The van der Waals surface area contributed by atoms with E-state index in [2.05, 4.69) is 27.7 Å². The molecule has 2 atom stereocenters. The third-order valence-corrected chi connectivity index (χ3v) is 5.99. The summed E-state index contributed by atoms with van der Waals surface area (Å²) in [5.74, 6) is 0.296. The first-order valence-corrected chi connectivity index (χ1v) is 10.3. The third-order valence-electron chi connectivity index (χ3n) is 4.49. The second kappa shape index (κ2) is 9.09. The summed E-state index contributed by atoms with van der Waals surface area (Å²) >= 11 is 13.7. The summed E-state index contributed by atoms with van der Waals surface area (Å²) in [7, 11) is 0. The van der Waals surface area contributed by atoms with E-state index in [1.165, 1.54) is 17.7 Å². The molecule has 1 N–H and O–H groups in total. The number of carbonyl (C=O) groups is 1. The minimum absolute atomic E-state index is 0.156. The van der Waals surface area contributed by atoms with E-state index in [9.17, 15) is 4.79 Å². The van der Waals surface area contributed by atoms with Crippen LogP contribution in [0.1, 0.15) is 30.7 Å². The first-order valence-electron chi connectivity index (χ1n) is 8.71. The topological polar surface area (TPSA) is 41.6 Å². The molecule has 1 amide bonds. The Kier molecular flexibility index (Phi) is 6.81. The SMILES string of the molecule is CC(Oc1ccc(Cl)cc1Cl)C(=O)NCC(c1cccs1)N1CCCC1. The van der Waals surface area contributed by atoms with Crippen molar-refractivity contribution in [3.8, 4) is 5.75 Å². The molecule has 1 fully saturated rings. The molecule has 0 saturated carbocycles. The van der Waals surface area contributed by atoms with Gasteiger partial charge >= 0.3 is 0 Å². The summed E-state index contributed by atoms with van der Waals surface area (Å²) in [5, 5.41) is 6.03. The van der Waals surface area contributed by atoms with Gasteiger partial charge in [0.1, 0.15) is 5.75 Å². The fourth-order valence-electron chi connectivity index (χ4n) is 3.10. The number of likely N-dealkylation sites (tertiary alicyclic amines) is 1. The molecule has 3 rings (SSSR count). The monoisotopic (exact) mass is 412 g/mol. The maximum absolute atomic E-state index is 12.5. The molecule has 1 aliphatic heterocycles. The van der Waals surface area contributed by atoms with E-state index in [0.717, 1.165) is 13.1 Å². The minimum Gasteiger partial charge on any atom is -0.479 e. The van der Waals surface area contributed by atoms with Gasteiger partial charge in [0, 0.05) is 16.4 Å². The molecule has 2 heterocycles. The molecule has 0 bridgehead atoms. The Morgan fingerprint density at radius 3 is 2.73 bits per heavy atom. The second-order valence-corrected chi connectivity index (χ2v) is 8.18. The molecular formula is C19H22Cl2N2O2S. The van der Waals surface area contributed by atoms with Gasteiger partial charge in [-0.05, 0) is 62.5 Å². The van der Waals surface area contributed by atoms with E-state index in [-0.39, 0.29) is 11.9 Å². The van der Waals surface area contributed by atoms with E-state index in [4.69, 9.17) is 27.9 Å². The first-order chi connectivity index (χ1) is 12.5. The standard InChI is InChI=1S/C19H22Cl2N2O2S/c1-13(25-17-7-6-14(20)11-15(17)21)19(24)22-12-16(18-5-4-10-26-18)23-8-2-3-9-23/h4-7,10-11,13,16H,2-3,8-9,12H2,1H3,(H,22,24). The summed E-state index contributed by atoms with van der Waals surface area (Å²) in [5.41, 5.74) is 0. The fourth-order valence-corrected chi connectivity index (χ4v) is 4.41. The predicted molar refractivity (Wildman–Crippen MR) is 107 cm³/mol. The number of thiophene rings is 1. The Labute approximate surface area is 168 Å². The van der Waals surface area contributed by atoms with Crippen molar-refractivity contribution in [2.24, 2.45) is 0 Å². The molecule has 0 radical (unpaired) electrons. The summed E-state index contributed by atoms with van der Waals surface area (Å²) in [6, 6.07) is 9.36. The van der Waals surface area contributed by atoms with Gasteiger partial charge < -0.3 is 10.1 Å². The van der Waals surface area contributed by atoms with Gasteiger partial charge in [0.15, 0.2) is 6.10 Å². The van der Waals surface area contributed by atoms with Gasteiger partial charge in [0.25, 0.3) is 5.91 Å². The predicted octanol–water partition coefficient (Wildman–Crippen LogP) is 4.78. The zero-order valence-electron chi connectivity index (χ0n) is 14.6. The average Bonchev–Trinajstić information content (AvgIpc) is 3.31. The highest BCUT2D eigenvalue weighted by Crippen LogP contribution is 2.29. The largest absolute Gasteiger partial charge is 0.479 e. The van der Waals surface area contributed by atoms with Crippen LogP contribution in [-0.4, -0.2) is 36.5 Å². The zero-order valence-corrected chi connectivity index (χ0v) is 16.9. The number of amides is 1. The van der Waals surface area contributed by atoms with Gasteiger partial charge in [-0.1, -0.05) is 29.3 Å². The maximum atomic E-state index is 12.5. The zero-order chi connectivity index (χ0) is 18.5. The van der Waals surface area contributed by atoms with E-state index >= 15 is 0 Å². The number of carbonyl (C=O) groups excluding carboxylic acids is 1. The molecule has 1 aromatic heterocycles. The van der Waals surface area contributed by atoms with Crippen LogP contribution in [0.3, 0.4) is 0 Å².